The fourth-order valence-electron chi connectivity index (χ4n) is 2.81. The third kappa shape index (κ3) is 11.3. The highest BCUT2D eigenvalue weighted by Crippen LogP contribution is 2.10. The summed E-state index contributed by atoms with van der Waals surface area (Å²) in [7, 11) is 0. The Morgan fingerprint density at radius 3 is 1.88 bits per heavy atom. The summed E-state index contributed by atoms with van der Waals surface area (Å²) in [6.45, 7) is 7.05. The minimum atomic E-state index is -1.33. The number of nitrogens with one attached hydrogen (secondary N) is 3. The topological polar surface area (TPSA) is 188 Å². The lowest BCUT2D eigenvalue weighted by Crippen LogP contribution is -2.58. The van der Waals surface area contributed by atoms with E-state index >= 15 is 0 Å². The molecule has 0 spiro atoms. The number of carboxylic acid groups (broad SMARTS) is 2. The Bertz CT molecular complexity index is 672. The third-order valence-corrected chi connectivity index (χ3v) is 5.19. The molecule has 0 aliphatic rings. The van der Waals surface area contributed by atoms with Crippen LogP contribution in [0.25, 0.3) is 0 Å². The molecule has 32 heavy (non-hydrogen) atoms. The van der Waals surface area contributed by atoms with Gasteiger partial charge in [-0.05, 0) is 36.7 Å². The van der Waals surface area contributed by atoms with Crippen LogP contribution in [0.2, 0.25) is 0 Å². The number of amides is 3. The van der Waals surface area contributed by atoms with Gasteiger partial charge in [0.15, 0.2) is 0 Å². The standard InChI is InChI=1S/C20H36N4O7S/c1-10(2)8-14(18(28)22-13(20(30)31)6-7-32-5)23-19(29)16(11(3)4)24-17(27)12(21)9-15(25)26/h10-14,16H,6-9,21H2,1-5H3,(H,22,28)(H,23,29)(H,24,27)(H,25,26)(H,30,31). The number of carbonyl (C=O) groups is 5. The van der Waals surface area contributed by atoms with Gasteiger partial charge in [-0.1, -0.05) is 27.7 Å². The van der Waals surface area contributed by atoms with Crippen molar-refractivity contribution in [1.82, 2.24) is 16.0 Å². The molecule has 11 nitrogen and oxygen atoms in total. The van der Waals surface area contributed by atoms with Crippen molar-refractivity contribution in [2.75, 3.05) is 12.0 Å². The number of hydrogen-bond acceptors (Lipinski definition) is 7. The highest BCUT2D eigenvalue weighted by molar-refractivity contribution is 7.98. The summed E-state index contributed by atoms with van der Waals surface area (Å²) in [6.07, 6.45) is 1.72. The first-order chi connectivity index (χ1) is 14.8. The van der Waals surface area contributed by atoms with Gasteiger partial charge in [-0.25, -0.2) is 4.79 Å². The maximum absolute atomic E-state index is 12.9. The predicted molar refractivity (Wildman–Crippen MR) is 121 cm³/mol. The molecule has 0 fully saturated rings. The van der Waals surface area contributed by atoms with Crippen molar-refractivity contribution in [3.8, 4) is 0 Å². The zero-order valence-corrected chi connectivity index (χ0v) is 20.0. The van der Waals surface area contributed by atoms with Crippen LogP contribution in [0.3, 0.4) is 0 Å². The lowest BCUT2D eigenvalue weighted by Gasteiger charge is -2.27. The van der Waals surface area contributed by atoms with Gasteiger partial charge in [0.1, 0.15) is 18.1 Å². The lowest BCUT2D eigenvalue weighted by molar-refractivity contribution is -0.142. The van der Waals surface area contributed by atoms with Gasteiger partial charge in [0.25, 0.3) is 0 Å². The molecule has 0 aromatic rings. The summed E-state index contributed by atoms with van der Waals surface area (Å²) < 4.78 is 0. The van der Waals surface area contributed by atoms with E-state index in [4.69, 9.17) is 10.8 Å². The summed E-state index contributed by atoms with van der Waals surface area (Å²) in [5, 5.41) is 25.6. The average Bonchev–Trinajstić information content (AvgIpc) is 2.66. The van der Waals surface area contributed by atoms with Crippen molar-refractivity contribution >= 4 is 41.4 Å². The highest BCUT2D eigenvalue weighted by atomic mass is 32.2. The van der Waals surface area contributed by atoms with Crippen LogP contribution in [0.4, 0.5) is 0 Å². The largest absolute Gasteiger partial charge is 0.481 e. The molecule has 0 bridgehead atoms. The van der Waals surface area contributed by atoms with Gasteiger partial charge in [0, 0.05) is 0 Å². The van der Waals surface area contributed by atoms with Crippen LogP contribution in [0, 0.1) is 11.8 Å². The molecular formula is C20H36N4O7S. The molecule has 7 N–H and O–H groups in total. The van der Waals surface area contributed by atoms with Crippen molar-refractivity contribution in [2.45, 2.75) is 71.1 Å². The summed E-state index contributed by atoms with van der Waals surface area (Å²) in [5.41, 5.74) is 5.56. The van der Waals surface area contributed by atoms with Gasteiger partial charge in [0.2, 0.25) is 17.7 Å². The lowest BCUT2D eigenvalue weighted by atomic mass is 9.99. The van der Waals surface area contributed by atoms with Crippen LogP contribution in [-0.2, 0) is 24.0 Å². The minimum absolute atomic E-state index is 0.0107. The number of aliphatic carboxylic acids is 2. The number of hydrogen-bond donors (Lipinski definition) is 6. The number of rotatable bonds is 15. The van der Waals surface area contributed by atoms with Crippen LogP contribution in [0.1, 0.15) is 47.0 Å². The number of thioether (sulfide) groups is 1. The second kappa shape index (κ2) is 14.7. The smallest absolute Gasteiger partial charge is 0.326 e. The highest BCUT2D eigenvalue weighted by Gasteiger charge is 2.32. The van der Waals surface area contributed by atoms with Crippen molar-refractivity contribution < 1.29 is 34.2 Å². The summed E-state index contributed by atoms with van der Waals surface area (Å²) >= 11 is 1.45. The van der Waals surface area contributed by atoms with Gasteiger partial charge in [0.05, 0.1) is 12.5 Å². The number of nitrogens with two attached hydrogens (primary N) is 1. The second-order valence-corrected chi connectivity index (χ2v) is 9.29. The SMILES string of the molecule is CSCCC(NC(=O)C(CC(C)C)NC(=O)C(NC(=O)C(N)CC(=O)O)C(C)C)C(=O)O. The predicted octanol–water partition coefficient (Wildman–Crippen LogP) is -0.217. The first-order valence-corrected chi connectivity index (χ1v) is 11.8. The monoisotopic (exact) mass is 476 g/mol. The molecule has 0 aliphatic heterocycles. The molecule has 0 aromatic carbocycles. The molecule has 4 atom stereocenters. The van der Waals surface area contributed by atoms with Gasteiger partial charge in [-0.15, -0.1) is 0 Å². The third-order valence-electron chi connectivity index (χ3n) is 4.54. The van der Waals surface area contributed by atoms with E-state index in [2.05, 4.69) is 16.0 Å². The van der Waals surface area contributed by atoms with Gasteiger partial charge < -0.3 is 31.9 Å². The van der Waals surface area contributed by atoms with E-state index in [0.717, 1.165) is 0 Å². The van der Waals surface area contributed by atoms with E-state index in [1.165, 1.54) is 11.8 Å². The Balaban J connectivity index is 5.40. The zero-order chi connectivity index (χ0) is 25.0. The zero-order valence-electron chi connectivity index (χ0n) is 19.2. The van der Waals surface area contributed by atoms with Crippen LogP contribution in [-0.4, -0.2) is 76.0 Å². The molecule has 184 valence electrons. The molecule has 4 unspecified atom stereocenters. The fourth-order valence-corrected chi connectivity index (χ4v) is 3.28. The van der Waals surface area contributed by atoms with E-state index in [1.807, 2.05) is 20.1 Å². The van der Waals surface area contributed by atoms with E-state index in [-0.39, 0.29) is 24.7 Å². The molecular weight excluding hydrogens is 440 g/mol. The Morgan fingerprint density at radius 2 is 1.44 bits per heavy atom. The van der Waals surface area contributed by atoms with Gasteiger partial charge >= 0.3 is 11.9 Å². The molecule has 0 heterocycles. The number of carbonyl (C=O) groups excluding carboxylic acids is 3. The normalized spacial score (nSPS) is 14.9. The van der Waals surface area contributed by atoms with E-state index in [1.54, 1.807) is 13.8 Å². The molecule has 0 aliphatic carbocycles. The van der Waals surface area contributed by atoms with Crippen LogP contribution >= 0.6 is 11.8 Å². The second-order valence-electron chi connectivity index (χ2n) is 8.31. The molecule has 0 rings (SSSR count). The quantitative estimate of drug-likeness (QED) is 0.186. The van der Waals surface area contributed by atoms with E-state index in [9.17, 15) is 29.1 Å². The first-order valence-electron chi connectivity index (χ1n) is 10.4. The summed E-state index contributed by atoms with van der Waals surface area (Å²) in [4.78, 5) is 60.0. The number of carboxylic acids is 2. The molecule has 0 radical (unpaired) electrons. The molecule has 0 aromatic heterocycles. The Labute approximate surface area is 192 Å². The minimum Gasteiger partial charge on any atom is -0.481 e. The Kier molecular flexibility index (Phi) is 13.6. The first kappa shape index (κ1) is 29.7. The average molecular weight is 477 g/mol. The summed E-state index contributed by atoms with van der Waals surface area (Å²) in [5.74, 6) is -4.32. The van der Waals surface area contributed by atoms with E-state index < -0.39 is 60.2 Å². The van der Waals surface area contributed by atoms with Crippen LogP contribution in [0.15, 0.2) is 0 Å². The van der Waals surface area contributed by atoms with Crippen molar-refractivity contribution in [3.63, 3.8) is 0 Å². The molecule has 0 saturated heterocycles. The molecule has 0 saturated carbocycles. The van der Waals surface area contributed by atoms with Crippen LogP contribution in [0.5, 0.6) is 0 Å². The molecule has 3 amide bonds. The maximum Gasteiger partial charge on any atom is 0.326 e. The van der Waals surface area contributed by atoms with Gasteiger partial charge in [-0.3, -0.25) is 19.2 Å². The fraction of sp³-hybridized carbons (Fsp3) is 0.750. The maximum atomic E-state index is 12.9. The van der Waals surface area contributed by atoms with Crippen molar-refractivity contribution in [3.05, 3.63) is 0 Å². The van der Waals surface area contributed by atoms with Crippen molar-refractivity contribution in [2.24, 2.45) is 17.6 Å². The molecule has 12 heteroatoms. The summed E-state index contributed by atoms with van der Waals surface area (Å²) in [6, 6.07) is -4.48. The Morgan fingerprint density at radius 1 is 0.875 bits per heavy atom. The van der Waals surface area contributed by atoms with Crippen LogP contribution < -0.4 is 21.7 Å². The Hall–Kier alpha value is -2.34. The van der Waals surface area contributed by atoms with E-state index in [0.29, 0.717) is 5.75 Å². The van der Waals surface area contributed by atoms with Crippen molar-refractivity contribution in [1.29, 1.82) is 0 Å². The van der Waals surface area contributed by atoms with Gasteiger partial charge in [-0.2, -0.15) is 11.8 Å².